The third-order valence-corrected chi connectivity index (χ3v) is 2.74. The molecule has 0 saturated carbocycles. The number of ether oxygens (including phenoxy) is 1. The largest absolute Gasteiger partial charge is 0.486 e. The van der Waals surface area contributed by atoms with Crippen LogP contribution in [0, 0.1) is 6.92 Å². The van der Waals surface area contributed by atoms with E-state index in [2.05, 4.69) is 4.98 Å². The number of halogens is 1. The number of aryl methyl sites for hydroxylation is 1. The number of hydrogen-bond donors (Lipinski definition) is 0. The highest BCUT2D eigenvalue weighted by Gasteiger charge is 2.04. The van der Waals surface area contributed by atoms with Gasteiger partial charge in [-0.1, -0.05) is 23.7 Å². The van der Waals surface area contributed by atoms with Crippen LogP contribution in [0.5, 0.6) is 5.75 Å². The first kappa shape index (κ1) is 11.0. The number of benzene rings is 1. The normalized spacial score (nSPS) is 10.4. The molecular weight excluding hydrogens is 224 g/mol. The molecule has 0 spiro atoms. The van der Waals surface area contributed by atoms with Crippen molar-refractivity contribution in [1.29, 1.82) is 0 Å². The molecular formula is C12H13ClN2O. The SMILES string of the molecule is Cc1cccc(OCc2ncc(Cl)n2C)c1. The highest BCUT2D eigenvalue weighted by molar-refractivity contribution is 6.29. The Morgan fingerprint density at radius 2 is 2.25 bits per heavy atom. The molecule has 0 unspecified atom stereocenters. The molecule has 84 valence electrons. The van der Waals surface area contributed by atoms with Crippen LogP contribution >= 0.6 is 11.6 Å². The Bertz CT molecular complexity index is 494. The second-order valence-electron chi connectivity index (χ2n) is 3.66. The first-order valence-corrected chi connectivity index (χ1v) is 5.40. The van der Waals surface area contributed by atoms with E-state index in [1.165, 1.54) is 5.56 Å². The Labute approximate surface area is 99.6 Å². The smallest absolute Gasteiger partial charge is 0.147 e. The van der Waals surface area contributed by atoms with Gasteiger partial charge in [0.15, 0.2) is 0 Å². The number of imidazole rings is 1. The van der Waals surface area contributed by atoms with Crippen LogP contribution in [0.15, 0.2) is 30.5 Å². The van der Waals surface area contributed by atoms with E-state index in [1.54, 1.807) is 10.8 Å². The molecule has 0 N–H and O–H groups in total. The van der Waals surface area contributed by atoms with E-state index in [4.69, 9.17) is 16.3 Å². The summed E-state index contributed by atoms with van der Waals surface area (Å²) < 4.78 is 7.43. The number of aromatic nitrogens is 2. The van der Waals surface area contributed by atoms with Crippen LogP contribution in [0.4, 0.5) is 0 Å². The predicted molar refractivity (Wildman–Crippen MR) is 63.7 cm³/mol. The standard InChI is InChI=1S/C12H13ClN2O/c1-9-4-3-5-10(6-9)16-8-12-14-7-11(13)15(12)2/h3-7H,8H2,1-2H3. The molecule has 2 rings (SSSR count). The van der Waals surface area contributed by atoms with Gasteiger partial charge in [0, 0.05) is 7.05 Å². The van der Waals surface area contributed by atoms with E-state index in [-0.39, 0.29) is 0 Å². The fraction of sp³-hybridized carbons (Fsp3) is 0.250. The summed E-state index contributed by atoms with van der Waals surface area (Å²) in [7, 11) is 1.87. The number of hydrogen-bond acceptors (Lipinski definition) is 2. The minimum Gasteiger partial charge on any atom is -0.486 e. The van der Waals surface area contributed by atoms with Crippen LogP contribution < -0.4 is 4.74 Å². The van der Waals surface area contributed by atoms with Gasteiger partial charge in [-0.05, 0) is 24.6 Å². The quantitative estimate of drug-likeness (QED) is 0.819. The van der Waals surface area contributed by atoms with Crippen LogP contribution in [0.1, 0.15) is 11.4 Å². The van der Waals surface area contributed by atoms with Crippen LogP contribution in [-0.2, 0) is 13.7 Å². The Morgan fingerprint density at radius 3 is 2.88 bits per heavy atom. The molecule has 0 aliphatic heterocycles. The van der Waals surface area contributed by atoms with Crippen molar-refractivity contribution in [3.63, 3.8) is 0 Å². The average molecular weight is 237 g/mol. The van der Waals surface area contributed by atoms with E-state index in [1.807, 2.05) is 38.2 Å². The first-order chi connectivity index (χ1) is 7.66. The van der Waals surface area contributed by atoms with Crippen molar-refractivity contribution in [2.24, 2.45) is 7.05 Å². The maximum atomic E-state index is 5.88. The molecule has 0 bridgehead atoms. The molecule has 0 saturated heterocycles. The molecule has 0 fully saturated rings. The Hall–Kier alpha value is -1.48. The fourth-order valence-electron chi connectivity index (χ4n) is 1.41. The van der Waals surface area contributed by atoms with Crippen molar-refractivity contribution in [1.82, 2.24) is 9.55 Å². The maximum absolute atomic E-state index is 5.88. The Kier molecular flexibility index (Phi) is 3.15. The van der Waals surface area contributed by atoms with Crippen molar-refractivity contribution < 1.29 is 4.74 Å². The third-order valence-electron chi connectivity index (χ3n) is 2.39. The number of nitrogens with zero attached hydrogens (tertiary/aromatic N) is 2. The second kappa shape index (κ2) is 4.58. The van der Waals surface area contributed by atoms with Crippen molar-refractivity contribution >= 4 is 11.6 Å². The van der Waals surface area contributed by atoms with Crippen molar-refractivity contribution in [2.75, 3.05) is 0 Å². The Morgan fingerprint density at radius 1 is 1.44 bits per heavy atom. The van der Waals surface area contributed by atoms with Crippen LogP contribution in [0.3, 0.4) is 0 Å². The monoisotopic (exact) mass is 236 g/mol. The summed E-state index contributed by atoms with van der Waals surface area (Å²) in [6.45, 7) is 2.46. The second-order valence-corrected chi connectivity index (χ2v) is 4.05. The summed E-state index contributed by atoms with van der Waals surface area (Å²) in [6, 6.07) is 7.92. The van der Waals surface area contributed by atoms with Crippen LogP contribution in [0.2, 0.25) is 5.15 Å². The van der Waals surface area contributed by atoms with Gasteiger partial charge >= 0.3 is 0 Å². The topological polar surface area (TPSA) is 27.1 Å². The van der Waals surface area contributed by atoms with Gasteiger partial charge in [-0.3, -0.25) is 0 Å². The van der Waals surface area contributed by atoms with Gasteiger partial charge in [-0.25, -0.2) is 4.98 Å². The average Bonchev–Trinajstić information content (AvgIpc) is 2.57. The highest BCUT2D eigenvalue weighted by atomic mass is 35.5. The maximum Gasteiger partial charge on any atom is 0.147 e. The molecule has 1 aromatic carbocycles. The summed E-state index contributed by atoms with van der Waals surface area (Å²) in [5.74, 6) is 1.66. The fourth-order valence-corrected chi connectivity index (χ4v) is 1.56. The summed E-state index contributed by atoms with van der Waals surface area (Å²) in [6.07, 6.45) is 1.62. The van der Waals surface area contributed by atoms with Crippen molar-refractivity contribution in [3.05, 3.63) is 47.0 Å². The molecule has 0 atom stereocenters. The van der Waals surface area contributed by atoms with Gasteiger partial charge in [0.25, 0.3) is 0 Å². The van der Waals surface area contributed by atoms with Gasteiger partial charge in [-0.15, -0.1) is 0 Å². The lowest BCUT2D eigenvalue weighted by Gasteiger charge is -2.06. The van der Waals surface area contributed by atoms with E-state index in [0.29, 0.717) is 11.8 Å². The lowest BCUT2D eigenvalue weighted by Crippen LogP contribution is -2.03. The van der Waals surface area contributed by atoms with E-state index in [0.717, 1.165) is 11.6 Å². The number of rotatable bonds is 3. The van der Waals surface area contributed by atoms with Crippen LogP contribution in [-0.4, -0.2) is 9.55 Å². The summed E-state index contributed by atoms with van der Waals surface area (Å²) in [5, 5.41) is 0.614. The summed E-state index contributed by atoms with van der Waals surface area (Å²) >= 11 is 5.88. The molecule has 2 aromatic rings. The molecule has 16 heavy (non-hydrogen) atoms. The zero-order chi connectivity index (χ0) is 11.5. The minimum absolute atomic E-state index is 0.423. The van der Waals surface area contributed by atoms with E-state index >= 15 is 0 Å². The summed E-state index contributed by atoms with van der Waals surface area (Å²) in [4.78, 5) is 4.16. The molecule has 0 aliphatic rings. The molecule has 0 aliphatic carbocycles. The lowest BCUT2D eigenvalue weighted by atomic mass is 10.2. The van der Waals surface area contributed by atoms with Gasteiger partial charge in [-0.2, -0.15) is 0 Å². The van der Waals surface area contributed by atoms with Gasteiger partial charge < -0.3 is 9.30 Å². The van der Waals surface area contributed by atoms with Crippen LogP contribution in [0.25, 0.3) is 0 Å². The van der Waals surface area contributed by atoms with E-state index < -0.39 is 0 Å². The molecule has 1 aromatic heterocycles. The molecule has 0 radical (unpaired) electrons. The summed E-state index contributed by atoms with van der Waals surface area (Å²) in [5.41, 5.74) is 1.18. The first-order valence-electron chi connectivity index (χ1n) is 5.02. The van der Waals surface area contributed by atoms with E-state index in [9.17, 15) is 0 Å². The Balaban J connectivity index is 2.05. The zero-order valence-corrected chi connectivity index (χ0v) is 10.0. The minimum atomic E-state index is 0.423. The van der Waals surface area contributed by atoms with Crippen molar-refractivity contribution in [3.8, 4) is 5.75 Å². The molecule has 3 nitrogen and oxygen atoms in total. The van der Waals surface area contributed by atoms with Gasteiger partial charge in [0.1, 0.15) is 23.3 Å². The van der Waals surface area contributed by atoms with Crippen molar-refractivity contribution in [2.45, 2.75) is 13.5 Å². The third kappa shape index (κ3) is 2.36. The predicted octanol–water partition coefficient (Wildman–Crippen LogP) is 2.96. The lowest BCUT2D eigenvalue weighted by molar-refractivity contribution is 0.291. The van der Waals surface area contributed by atoms with Gasteiger partial charge in [0.2, 0.25) is 0 Å². The highest BCUT2D eigenvalue weighted by Crippen LogP contribution is 2.15. The molecule has 4 heteroatoms. The van der Waals surface area contributed by atoms with Gasteiger partial charge in [0.05, 0.1) is 6.20 Å². The molecule has 0 amide bonds. The molecule has 1 heterocycles. The zero-order valence-electron chi connectivity index (χ0n) is 9.27.